The Bertz CT molecular complexity index is 1020. The first-order valence-corrected chi connectivity index (χ1v) is 10.2. The second kappa shape index (κ2) is 8.39. The zero-order valence-electron chi connectivity index (χ0n) is 15.7. The minimum absolute atomic E-state index is 0.0857. The van der Waals surface area contributed by atoms with Gasteiger partial charge in [0.1, 0.15) is 19.8 Å². The molecule has 3 rings (SSSR count). The van der Waals surface area contributed by atoms with Crippen LogP contribution in [0.15, 0.2) is 47.4 Å². The first-order valence-electron chi connectivity index (χ1n) is 8.81. The van der Waals surface area contributed by atoms with E-state index in [1.54, 1.807) is 6.92 Å². The van der Waals surface area contributed by atoms with E-state index < -0.39 is 28.4 Å². The molecule has 0 aromatic heterocycles. The number of hydrogen-bond acceptors (Lipinski definition) is 7. The lowest BCUT2D eigenvalue weighted by Crippen LogP contribution is -2.38. The summed E-state index contributed by atoms with van der Waals surface area (Å²) in [6, 6.07) is 9.85. The Morgan fingerprint density at radius 3 is 2.34 bits per heavy atom. The molecular formula is C19H20N2O7S. The van der Waals surface area contributed by atoms with E-state index in [1.165, 1.54) is 42.5 Å². The number of hydrogen-bond donors (Lipinski definition) is 1. The van der Waals surface area contributed by atoms with E-state index in [1.807, 2.05) is 0 Å². The fraction of sp³-hybridized carbons (Fsp3) is 0.263. The van der Waals surface area contributed by atoms with Crippen LogP contribution in [0.1, 0.15) is 17.3 Å². The van der Waals surface area contributed by atoms with Crippen LogP contribution in [-0.2, 0) is 19.6 Å². The molecule has 0 spiro atoms. The Morgan fingerprint density at radius 1 is 1.07 bits per heavy atom. The van der Waals surface area contributed by atoms with E-state index in [-0.39, 0.29) is 22.8 Å². The summed E-state index contributed by atoms with van der Waals surface area (Å²) in [6.45, 7) is 2.00. The molecule has 29 heavy (non-hydrogen) atoms. The molecule has 1 aliphatic heterocycles. The van der Waals surface area contributed by atoms with Crippen LogP contribution in [0.5, 0.6) is 11.5 Å². The summed E-state index contributed by atoms with van der Waals surface area (Å²) in [6.07, 6.45) is 0. The summed E-state index contributed by atoms with van der Waals surface area (Å²) in [5.41, 5.74) is 5.70. The summed E-state index contributed by atoms with van der Waals surface area (Å²) in [5.74, 6) is -0.625. The molecule has 0 unspecified atom stereocenters. The van der Waals surface area contributed by atoms with Crippen LogP contribution in [0.25, 0.3) is 0 Å². The highest BCUT2D eigenvalue weighted by Gasteiger charge is 2.28. The number of primary amides is 1. The highest BCUT2D eigenvalue weighted by atomic mass is 32.2. The van der Waals surface area contributed by atoms with Gasteiger partial charge in [0, 0.05) is 6.07 Å². The predicted molar refractivity (Wildman–Crippen MR) is 104 cm³/mol. The maximum absolute atomic E-state index is 13.2. The summed E-state index contributed by atoms with van der Waals surface area (Å²) in [4.78, 5) is 23.3. The van der Waals surface area contributed by atoms with Crippen LogP contribution < -0.4 is 19.5 Å². The number of esters is 1. The molecule has 0 atom stereocenters. The van der Waals surface area contributed by atoms with Crippen molar-refractivity contribution in [3.05, 3.63) is 48.0 Å². The molecule has 0 saturated carbocycles. The van der Waals surface area contributed by atoms with Crippen molar-refractivity contribution >= 4 is 27.6 Å². The summed E-state index contributed by atoms with van der Waals surface area (Å²) in [7, 11) is -4.15. The molecule has 2 aromatic rings. The van der Waals surface area contributed by atoms with Crippen molar-refractivity contribution in [2.45, 2.75) is 11.8 Å². The fourth-order valence-electron chi connectivity index (χ4n) is 2.75. The highest BCUT2D eigenvalue weighted by Crippen LogP contribution is 2.34. The second-order valence-electron chi connectivity index (χ2n) is 6.05. The van der Waals surface area contributed by atoms with Gasteiger partial charge in [-0.1, -0.05) is 0 Å². The van der Waals surface area contributed by atoms with E-state index in [2.05, 4.69) is 0 Å². The predicted octanol–water partition coefficient (Wildman–Crippen LogP) is 1.32. The standard InChI is InChI=1S/C19H20N2O7S/c1-2-26-19(23)13-3-5-14(6-4-13)21(12-18(20)22)29(24,25)15-7-8-16-17(11-15)28-10-9-27-16/h3-8,11H,2,9-10,12H2,1H3,(H2,20,22). The van der Waals surface area contributed by atoms with Crippen LogP contribution >= 0.6 is 0 Å². The van der Waals surface area contributed by atoms with Gasteiger partial charge in [0.15, 0.2) is 11.5 Å². The summed E-state index contributed by atoms with van der Waals surface area (Å²) in [5, 5.41) is 0. The number of nitrogens with zero attached hydrogens (tertiary/aromatic N) is 1. The molecule has 154 valence electrons. The number of amides is 1. The lowest BCUT2D eigenvalue weighted by Gasteiger charge is -2.24. The third-order valence-corrected chi connectivity index (χ3v) is 5.84. The van der Waals surface area contributed by atoms with Gasteiger partial charge < -0.3 is 19.9 Å². The monoisotopic (exact) mass is 420 g/mol. The molecule has 1 heterocycles. The fourth-order valence-corrected chi connectivity index (χ4v) is 4.19. The number of carbonyl (C=O) groups excluding carboxylic acids is 2. The molecule has 10 heteroatoms. The van der Waals surface area contributed by atoms with Crippen molar-refractivity contribution in [1.29, 1.82) is 0 Å². The van der Waals surface area contributed by atoms with Crippen LogP contribution in [0, 0.1) is 0 Å². The van der Waals surface area contributed by atoms with Crippen molar-refractivity contribution < 1.29 is 32.2 Å². The number of ether oxygens (including phenoxy) is 3. The quantitative estimate of drug-likeness (QED) is 0.670. The Morgan fingerprint density at radius 2 is 1.72 bits per heavy atom. The zero-order chi connectivity index (χ0) is 21.0. The molecule has 2 N–H and O–H groups in total. The number of carbonyl (C=O) groups is 2. The van der Waals surface area contributed by atoms with Gasteiger partial charge in [-0.25, -0.2) is 13.2 Å². The molecule has 0 aliphatic carbocycles. The topological polar surface area (TPSA) is 125 Å². The molecule has 1 aliphatic rings. The van der Waals surface area contributed by atoms with Gasteiger partial charge >= 0.3 is 5.97 Å². The van der Waals surface area contributed by atoms with Gasteiger partial charge in [0.05, 0.1) is 22.8 Å². The van der Waals surface area contributed by atoms with Gasteiger partial charge in [0.2, 0.25) is 5.91 Å². The van der Waals surface area contributed by atoms with E-state index >= 15 is 0 Å². The molecule has 9 nitrogen and oxygen atoms in total. The first kappa shape index (κ1) is 20.5. The second-order valence-corrected chi connectivity index (χ2v) is 7.91. The maximum atomic E-state index is 13.2. The molecule has 0 fully saturated rings. The zero-order valence-corrected chi connectivity index (χ0v) is 16.5. The molecule has 1 amide bonds. The van der Waals surface area contributed by atoms with Crippen LogP contribution in [0.2, 0.25) is 0 Å². The van der Waals surface area contributed by atoms with Gasteiger partial charge in [-0.05, 0) is 43.3 Å². The van der Waals surface area contributed by atoms with Crippen LogP contribution in [0.3, 0.4) is 0 Å². The normalized spacial score (nSPS) is 12.9. The van der Waals surface area contributed by atoms with E-state index in [4.69, 9.17) is 19.9 Å². The highest BCUT2D eigenvalue weighted by molar-refractivity contribution is 7.92. The van der Waals surface area contributed by atoms with Crippen molar-refractivity contribution in [1.82, 2.24) is 0 Å². The van der Waals surface area contributed by atoms with Crippen molar-refractivity contribution in [2.24, 2.45) is 5.73 Å². The largest absolute Gasteiger partial charge is 0.486 e. The minimum Gasteiger partial charge on any atom is -0.486 e. The smallest absolute Gasteiger partial charge is 0.338 e. The van der Waals surface area contributed by atoms with Gasteiger partial charge in [0.25, 0.3) is 10.0 Å². The van der Waals surface area contributed by atoms with Crippen LogP contribution in [0.4, 0.5) is 5.69 Å². The molecule has 0 bridgehead atoms. The number of sulfonamides is 1. The Kier molecular flexibility index (Phi) is 5.92. The Hall–Kier alpha value is -3.27. The number of rotatable bonds is 7. The Labute approximate surface area is 168 Å². The molecule has 0 radical (unpaired) electrons. The number of nitrogens with two attached hydrogens (primary N) is 1. The van der Waals surface area contributed by atoms with E-state index in [0.29, 0.717) is 24.7 Å². The van der Waals surface area contributed by atoms with Crippen molar-refractivity contribution in [3.63, 3.8) is 0 Å². The summed E-state index contributed by atoms with van der Waals surface area (Å²) < 4.78 is 43.0. The first-order chi connectivity index (χ1) is 13.8. The number of fused-ring (bicyclic) bond motifs is 1. The number of anilines is 1. The lowest BCUT2D eigenvalue weighted by molar-refractivity contribution is -0.116. The average Bonchev–Trinajstić information content (AvgIpc) is 2.71. The molecular weight excluding hydrogens is 400 g/mol. The lowest BCUT2D eigenvalue weighted by atomic mass is 10.2. The van der Waals surface area contributed by atoms with E-state index in [9.17, 15) is 18.0 Å². The van der Waals surface area contributed by atoms with Crippen molar-refractivity contribution in [3.8, 4) is 11.5 Å². The van der Waals surface area contributed by atoms with Crippen LogP contribution in [-0.4, -0.2) is 46.7 Å². The third kappa shape index (κ3) is 4.43. The van der Waals surface area contributed by atoms with Gasteiger partial charge in [-0.15, -0.1) is 0 Å². The minimum atomic E-state index is -4.15. The third-order valence-electron chi connectivity index (χ3n) is 4.07. The maximum Gasteiger partial charge on any atom is 0.338 e. The SMILES string of the molecule is CCOC(=O)c1ccc(N(CC(N)=O)S(=O)(=O)c2ccc3c(c2)OCCO3)cc1. The average molecular weight is 420 g/mol. The van der Waals surface area contributed by atoms with Crippen molar-refractivity contribution in [2.75, 3.05) is 30.7 Å². The molecule has 0 saturated heterocycles. The van der Waals surface area contributed by atoms with E-state index in [0.717, 1.165) is 4.31 Å². The molecule has 2 aromatic carbocycles. The summed E-state index contributed by atoms with van der Waals surface area (Å²) >= 11 is 0. The number of benzene rings is 2. The van der Waals surface area contributed by atoms with Gasteiger partial charge in [-0.2, -0.15) is 0 Å². The Balaban J connectivity index is 1.97. The van der Waals surface area contributed by atoms with Gasteiger partial charge in [-0.3, -0.25) is 9.10 Å².